The molecule has 0 atom stereocenters. The first-order valence-corrected chi connectivity index (χ1v) is 11.9. The minimum absolute atomic E-state index is 1.17. The van der Waals surface area contributed by atoms with Gasteiger partial charge in [-0.25, -0.2) is 0 Å². The molecule has 0 unspecified atom stereocenters. The molecule has 0 radical (unpaired) electrons. The Bertz CT molecular complexity index is 723. The van der Waals surface area contributed by atoms with Crippen LogP contribution in [0, 0.1) is 6.92 Å². The van der Waals surface area contributed by atoms with Crippen molar-refractivity contribution in [2.24, 2.45) is 0 Å². The van der Waals surface area contributed by atoms with E-state index in [2.05, 4.69) is 77.3 Å². The molecular weight excluding hydrogens is 384 g/mol. The van der Waals surface area contributed by atoms with E-state index < -0.39 is 0 Å². The first-order chi connectivity index (χ1) is 15.4. The Balaban J connectivity index is -0.000000348. The number of hydrogen-bond acceptors (Lipinski definition) is 0. The van der Waals surface area contributed by atoms with Crippen LogP contribution in [0.25, 0.3) is 6.08 Å². The predicted octanol–water partition coefficient (Wildman–Crippen LogP) is 11.0. The van der Waals surface area contributed by atoms with E-state index in [0.717, 1.165) is 0 Å². The Morgan fingerprint density at radius 1 is 1.00 bits per heavy atom. The van der Waals surface area contributed by atoms with Crippen LogP contribution in [0.15, 0.2) is 103 Å². The third kappa shape index (κ3) is 23.7. The molecule has 0 nitrogen and oxygen atoms in total. The summed E-state index contributed by atoms with van der Waals surface area (Å²) in [6, 6.07) is 8.26. The van der Waals surface area contributed by atoms with Crippen LogP contribution in [0.1, 0.15) is 85.8 Å². The maximum absolute atomic E-state index is 3.86. The van der Waals surface area contributed by atoms with Gasteiger partial charge in [-0.3, -0.25) is 0 Å². The van der Waals surface area contributed by atoms with Crippen LogP contribution in [-0.2, 0) is 0 Å². The van der Waals surface area contributed by atoms with E-state index in [9.17, 15) is 0 Å². The lowest BCUT2D eigenvalue weighted by molar-refractivity contribution is 1.02. The molecule has 178 valence electrons. The number of allylic oxidation sites excluding steroid dienone is 11. The normalized spacial score (nSPS) is 12.0. The SMILES string of the molecule is C/C=C(\C)CC.C/C=C\C=C/C.C=C(C)C1=CCCC=C1.C=Cc1cccc(C)c1.CC. The highest BCUT2D eigenvalue weighted by Gasteiger charge is 1.95. The van der Waals surface area contributed by atoms with Crippen molar-refractivity contribution in [3.05, 3.63) is 114 Å². The van der Waals surface area contributed by atoms with E-state index in [1.54, 1.807) is 0 Å². The van der Waals surface area contributed by atoms with Crippen molar-refractivity contribution in [2.75, 3.05) is 0 Å². The maximum Gasteiger partial charge on any atom is -0.0260 e. The molecule has 1 aromatic rings. The zero-order chi connectivity index (χ0) is 25.2. The van der Waals surface area contributed by atoms with Gasteiger partial charge >= 0.3 is 0 Å². The van der Waals surface area contributed by atoms with Crippen LogP contribution in [-0.4, -0.2) is 0 Å². The molecule has 1 aromatic carbocycles. The second-order valence-corrected chi connectivity index (χ2v) is 7.08. The number of hydrogen-bond donors (Lipinski definition) is 0. The minimum atomic E-state index is 1.17. The lowest BCUT2D eigenvalue weighted by Crippen LogP contribution is -1.84. The number of rotatable bonds is 4. The van der Waals surface area contributed by atoms with Crippen LogP contribution in [0.5, 0.6) is 0 Å². The first-order valence-electron chi connectivity index (χ1n) is 11.9. The van der Waals surface area contributed by atoms with Crippen molar-refractivity contribution in [1.82, 2.24) is 0 Å². The Hall–Kier alpha value is -2.60. The molecule has 0 fully saturated rings. The summed E-state index contributed by atoms with van der Waals surface area (Å²) in [4.78, 5) is 0. The molecular formula is C32H50. The van der Waals surface area contributed by atoms with Crippen LogP contribution in [0.4, 0.5) is 0 Å². The van der Waals surface area contributed by atoms with Gasteiger partial charge in [0, 0.05) is 0 Å². The highest BCUT2D eigenvalue weighted by atomic mass is 14.0. The molecule has 0 heterocycles. The molecule has 0 saturated heterocycles. The van der Waals surface area contributed by atoms with E-state index in [-0.39, 0.29) is 0 Å². The molecule has 0 amide bonds. The number of benzene rings is 1. The zero-order valence-electron chi connectivity index (χ0n) is 22.5. The van der Waals surface area contributed by atoms with Gasteiger partial charge < -0.3 is 0 Å². The van der Waals surface area contributed by atoms with Gasteiger partial charge in [-0.1, -0.05) is 130 Å². The Morgan fingerprint density at radius 2 is 1.59 bits per heavy atom. The minimum Gasteiger partial charge on any atom is -0.0985 e. The van der Waals surface area contributed by atoms with Crippen molar-refractivity contribution < 1.29 is 0 Å². The van der Waals surface area contributed by atoms with Gasteiger partial charge in [-0.15, -0.1) is 0 Å². The van der Waals surface area contributed by atoms with Gasteiger partial charge in [-0.2, -0.15) is 0 Å². The van der Waals surface area contributed by atoms with E-state index in [1.165, 1.54) is 47.1 Å². The molecule has 0 heteroatoms. The summed E-state index contributed by atoms with van der Waals surface area (Å²) in [6.07, 6.45) is 22.1. The van der Waals surface area contributed by atoms with Crippen molar-refractivity contribution in [3.63, 3.8) is 0 Å². The van der Waals surface area contributed by atoms with E-state index in [4.69, 9.17) is 0 Å². The summed E-state index contributed by atoms with van der Waals surface area (Å²) in [6.45, 7) is 26.0. The smallest absolute Gasteiger partial charge is 0.0260 e. The van der Waals surface area contributed by atoms with Crippen molar-refractivity contribution >= 4 is 6.08 Å². The molecule has 0 spiro atoms. The summed E-state index contributed by atoms with van der Waals surface area (Å²) in [7, 11) is 0. The summed E-state index contributed by atoms with van der Waals surface area (Å²) in [5.41, 5.74) is 6.42. The van der Waals surface area contributed by atoms with E-state index in [0.29, 0.717) is 0 Å². The van der Waals surface area contributed by atoms with E-state index in [1.807, 2.05) is 77.1 Å². The zero-order valence-corrected chi connectivity index (χ0v) is 22.5. The largest absolute Gasteiger partial charge is 0.0985 e. The van der Waals surface area contributed by atoms with Crippen LogP contribution in [0.2, 0.25) is 0 Å². The van der Waals surface area contributed by atoms with Crippen molar-refractivity contribution in [3.8, 4) is 0 Å². The fraction of sp³-hybridized carbons (Fsp3) is 0.375. The third-order valence-corrected chi connectivity index (χ3v) is 4.31. The molecule has 0 aliphatic heterocycles. The fourth-order valence-corrected chi connectivity index (χ4v) is 2.15. The Morgan fingerprint density at radius 3 is 1.84 bits per heavy atom. The average Bonchev–Trinajstić information content (AvgIpc) is 2.85. The van der Waals surface area contributed by atoms with Crippen molar-refractivity contribution in [2.45, 2.75) is 81.6 Å². The van der Waals surface area contributed by atoms with Crippen LogP contribution in [0.3, 0.4) is 0 Å². The second-order valence-electron chi connectivity index (χ2n) is 7.08. The van der Waals surface area contributed by atoms with Crippen LogP contribution < -0.4 is 0 Å². The summed E-state index contributed by atoms with van der Waals surface area (Å²) in [5.74, 6) is 0. The quantitative estimate of drug-likeness (QED) is 0.326. The van der Waals surface area contributed by atoms with Crippen molar-refractivity contribution in [1.29, 1.82) is 0 Å². The third-order valence-electron chi connectivity index (χ3n) is 4.31. The molecule has 2 rings (SSSR count). The summed E-state index contributed by atoms with van der Waals surface area (Å²) >= 11 is 0. The molecule has 1 aliphatic carbocycles. The van der Waals surface area contributed by atoms with Gasteiger partial charge in [0.05, 0.1) is 0 Å². The average molecular weight is 435 g/mol. The van der Waals surface area contributed by atoms with Gasteiger partial charge in [0.15, 0.2) is 0 Å². The lowest BCUT2D eigenvalue weighted by Gasteiger charge is -2.04. The second kappa shape index (κ2) is 26.4. The van der Waals surface area contributed by atoms with Gasteiger partial charge in [-0.05, 0) is 71.9 Å². The first kappa shape index (κ1) is 34.0. The Kier molecular flexibility index (Phi) is 28.1. The maximum atomic E-state index is 3.86. The topological polar surface area (TPSA) is 0 Å². The monoisotopic (exact) mass is 434 g/mol. The summed E-state index contributed by atoms with van der Waals surface area (Å²) < 4.78 is 0. The van der Waals surface area contributed by atoms with Gasteiger partial charge in [0.2, 0.25) is 0 Å². The Labute approximate surface area is 201 Å². The molecule has 1 aliphatic rings. The van der Waals surface area contributed by atoms with Crippen LogP contribution >= 0.6 is 0 Å². The predicted molar refractivity (Wildman–Crippen MR) is 153 cm³/mol. The number of aryl methyl sites for hydroxylation is 1. The highest BCUT2D eigenvalue weighted by molar-refractivity contribution is 5.47. The standard InChI is InChI=1S/C9H12.C9H10.C6H12.C6H10.C2H6/c1-8(2)9-6-4-3-5-7-9;1-3-9-6-4-5-8(2)7-9;1-4-6(3)5-2;1-3-5-6-4-2;1-2/h4,6-7H,1,3,5H2,2H3;3-7H,1H2,2H3;4H,5H2,1-3H3;3-6H,1-2H3;1-2H3/b;;6-4+;5-3-,6-4-;. The molecule has 0 aromatic heterocycles. The van der Waals surface area contributed by atoms with Gasteiger partial charge in [0.25, 0.3) is 0 Å². The van der Waals surface area contributed by atoms with E-state index >= 15 is 0 Å². The molecule has 32 heavy (non-hydrogen) atoms. The lowest BCUT2D eigenvalue weighted by atomic mass is 10.0. The molecule has 0 saturated carbocycles. The fourth-order valence-electron chi connectivity index (χ4n) is 2.15. The molecule has 0 bridgehead atoms. The highest BCUT2D eigenvalue weighted by Crippen LogP contribution is 2.15. The summed E-state index contributed by atoms with van der Waals surface area (Å²) in [5, 5.41) is 0. The molecule has 0 N–H and O–H groups in total. The van der Waals surface area contributed by atoms with Gasteiger partial charge in [0.1, 0.15) is 0 Å².